The summed E-state index contributed by atoms with van der Waals surface area (Å²) in [5.74, 6) is 0.938. The van der Waals surface area contributed by atoms with Crippen molar-refractivity contribution in [2.45, 2.75) is 50.7 Å². The molecule has 3 heteroatoms. The third kappa shape index (κ3) is 3.55. The van der Waals surface area contributed by atoms with Crippen molar-refractivity contribution in [3.8, 4) is 0 Å². The van der Waals surface area contributed by atoms with Crippen molar-refractivity contribution in [1.82, 2.24) is 10.2 Å². The maximum atomic E-state index is 6.05. The molecule has 20 heavy (non-hydrogen) atoms. The second-order valence-corrected chi connectivity index (χ2v) is 7.01. The molecular formula is C17H25ClN2. The van der Waals surface area contributed by atoms with Crippen LogP contribution in [0.5, 0.6) is 0 Å². The fourth-order valence-corrected chi connectivity index (χ4v) is 4.17. The van der Waals surface area contributed by atoms with Gasteiger partial charge in [0.2, 0.25) is 0 Å². The maximum Gasteiger partial charge on any atom is 0.0409 e. The summed E-state index contributed by atoms with van der Waals surface area (Å²) >= 11 is 6.05. The zero-order valence-electron chi connectivity index (χ0n) is 12.3. The Bertz CT molecular complexity index is 434. The molecule has 1 saturated heterocycles. The third-order valence-electron chi connectivity index (χ3n) is 4.82. The molecule has 3 rings (SSSR count). The van der Waals surface area contributed by atoms with E-state index < -0.39 is 0 Å². The molecule has 110 valence electrons. The lowest BCUT2D eigenvalue weighted by atomic mass is 9.85. The molecule has 2 fully saturated rings. The number of rotatable bonds is 4. The molecule has 2 nitrogen and oxygen atoms in total. The summed E-state index contributed by atoms with van der Waals surface area (Å²) in [5, 5.41) is 4.69. The Morgan fingerprint density at radius 3 is 2.95 bits per heavy atom. The first kappa shape index (κ1) is 14.4. The first-order valence-electron chi connectivity index (χ1n) is 7.90. The van der Waals surface area contributed by atoms with E-state index in [1.807, 2.05) is 12.1 Å². The number of halogens is 1. The summed E-state index contributed by atoms with van der Waals surface area (Å²) in [6.45, 7) is 2.12. The van der Waals surface area contributed by atoms with Crippen molar-refractivity contribution >= 4 is 11.6 Å². The number of benzene rings is 1. The highest BCUT2D eigenvalue weighted by atomic mass is 35.5. The number of nitrogens with one attached hydrogen (secondary N) is 1. The van der Waals surface area contributed by atoms with E-state index in [1.54, 1.807) is 0 Å². The molecule has 3 atom stereocenters. The van der Waals surface area contributed by atoms with Crippen LogP contribution in [-0.4, -0.2) is 30.6 Å². The Labute approximate surface area is 127 Å². The molecule has 1 aromatic rings. The van der Waals surface area contributed by atoms with Gasteiger partial charge in [0.15, 0.2) is 0 Å². The molecular weight excluding hydrogens is 268 g/mol. The van der Waals surface area contributed by atoms with Crippen LogP contribution in [0.1, 0.15) is 37.7 Å². The first-order valence-corrected chi connectivity index (χ1v) is 8.27. The normalized spacial score (nSPS) is 29.6. The van der Waals surface area contributed by atoms with Gasteiger partial charge in [-0.1, -0.05) is 36.6 Å². The van der Waals surface area contributed by atoms with Crippen LogP contribution in [0.2, 0.25) is 5.02 Å². The lowest BCUT2D eigenvalue weighted by molar-refractivity contribution is 0.288. The second kappa shape index (κ2) is 6.46. The zero-order valence-corrected chi connectivity index (χ0v) is 13.1. The number of likely N-dealkylation sites (N-methyl/N-ethyl adjacent to an activating group) is 1. The van der Waals surface area contributed by atoms with E-state index in [0.29, 0.717) is 6.04 Å². The molecule has 1 aliphatic heterocycles. The molecule has 1 aliphatic carbocycles. The van der Waals surface area contributed by atoms with E-state index in [0.717, 1.165) is 30.1 Å². The maximum absolute atomic E-state index is 6.05. The summed E-state index contributed by atoms with van der Waals surface area (Å²) in [6, 6.07) is 9.67. The Morgan fingerprint density at radius 1 is 1.30 bits per heavy atom. The Morgan fingerprint density at radius 2 is 2.15 bits per heavy atom. The van der Waals surface area contributed by atoms with Crippen molar-refractivity contribution in [1.29, 1.82) is 0 Å². The molecule has 0 spiro atoms. The highest BCUT2D eigenvalue weighted by Crippen LogP contribution is 2.33. The van der Waals surface area contributed by atoms with Crippen LogP contribution in [-0.2, 0) is 6.54 Å². The Hall–Kier alpha value is -0.570. The zero-order chi connectivity index (χ0) is 13.9. The minimum atomic E-state index is 0.673. The van der Waals surface area contributed by atoms with Crippen LogP contribution in [0.4, 0.5) is 0 Å². The van der Waals surface area contributed by atoms with Crippen LogP contribution >= 0.6 is 11.6 Å². The number of hydrogen-bond donors (Lipinski definition) is 1. The van der Waals surface area contributed by atoms with E-state index in [9.17, 15) is 0 Å². The fourth-order valence-electron chi connectivity index (χ4n) is 3.96. The first-order chi connectivity index (χ1) is 9.70. The Kier molecular flexibility index (Phi) is 4.65. The van der Waals surface area contributed by atoms with Crippen LogP contribution in [0.3, 0.4) is 0 Å². The Balaban J connectivity index is 1.50. The second-order valence-electron chi connectivity index (χ2n) is 6.58. The summed E-state index contributed by atoms with van der Waals surface area (Å²) in [7, 11) is 2.21. The van der Waals surface area contributed by atoms with E-state index in [2.05, 4.69) is 29.4 Å². The average Bonchev–Trinajstić information content (AvgIpc) is 2.80. The van der Waals surface area contributed by atoms with Gasteiger partial charge >= 0.3 is 0 Å². The predicted molar refractivity (Wildman–Crippen MR) is 85.1 cm³/mol. The summed E-state index contributed by atoms with van der Waals surface area (Å²) < 4.78 is 0. The number of hydrogen-bond acceptors (Lipinski definition) is 2. The van der Waals surface area contributed by atoms with E-state index in [-0.39, 0.29) is 0 Å². The quantitative estimate of drug-likeness (QED) is 0.910. The van der Waals surface area contributed by atoms with E-state index >= 15 is 0 Å². The number of nitrogens with zero attached hydrogens (tertiary/aromatic N) is 1. The molecule has 3 unspecified atom stereocenters. The molecule has 0 radical (unpaired) electrons. The van der Waals surface area contributed by atoms with Gasteiger partial charge in [0, 0.05) is 30.2 Å². The summed E-state index contributed by atoms with van der Waals surface area (Å²) in [6.07, 6.45) is 7.04. The van der Waals surface area contributed by atoms with Crippen LogP contribution in [0.15, 0.2) is 24.3 Å². The van der Waals surface area contributed by atoms with Crippen molar-refractivity contribution in [3.05, 3.63) is 34.9 Å². The fraction of sp³-hybridized carbons (Fsp3) is 0.647. The van der Waals surface area contributed by atoms with Gasteiger partial charge in [-0.3, -0.25) is 0 Å². The minimum absolute atomic E-state index is 0.673. The highest BCUT2D eigenvalue weighted by molar-refractivity contribution is 6.30. The van der Waals surface area contributed by atoms with Gasteiger partial charge in [-0.05, 0) is 49.9 Å². The number of fused-ring (bicyclic) bond motifs is 1. The minimum Gasteiger partial charge on any atom is -0.310 e. The third-order valence-corrected chi connectivity index (χ3v) is 5.05. The average molecular weight is 293 g/mol. The van der Waals surface area contributed by atoms with E-state index in [1.165, 1.54) is 37.7 Å². The molecule has 1 N–H and O–H groups in total. The summed E-state index contributed by atoms with van der Waals surface area (Å²) in [5.41, 5.74) is 1.30. The molecule has 1 aromatic carbocycles. The van der Waals surface area contributed by atoms with Crippen LogP contribution in [0.25, 0.3) is 0 Å². The van der Waals surface area contributed by atoms with Gasteiger partial charge in [0.05, 0.1) is 0 Å². The molecule has 2 aliphatic rings. The van der Waals surface area contributed by atoms with Crippen LogP contribution < -0.4 is 5.32 Å². The molecule has 1 saturated carbocycles. The van der Waals surface area contributed by atoms with Gasteiger partial charge in [0.25, 0.3) is 0 Å². The van der Waals surface area contributed by atoms with Crippen molar-refractivity contribution in [3.63, 3.8) is 0 Å². The molecule has 1 heterocycles. The smallest absolute Gasteiger partial charge is 0.0409 e. The topological polar surface area (TPSA) is 15.3 Å². The SMILES string of the molecule is CN(Cc1cccc(Cl)c1)CC1CC2CCCCC2N1. The van der Waals surface area contributed by atoms with Gasteiger partial charge in [0.1, 0.15) is 0 Å². The van der Waals surface area contributed by atoms with Crippen LogP contribution in [0, 0.1) is 5.92 Å². The van der Waals surface area contributed by atoms with Crippen molar-refractivity contribution in [2.24, 2.45) is 5.92 Å². The van der Waals surface area contributed by atoms with Crippen molar-refractivity contribution in [2.75, 3.05) is 13.6 Å². The van der Waals surface area contributed by atoms with Crippen molar-refractivity contribution < 1.29 is 0 Å². The summed E-state index contributed by atoms with van der Waals surface area (Å²) in [4.78, 5) is 2.42. The van der Waals surface area contributed by atoms with E-state index in [4.69, 9.17) is 11.6 Å². The standard InChI is InChI=1S/C17H25ClN2/c1-20(11-13-5-4-7-15(18)9-13)12-16-10-14-6-2-3-8-17(14)19-16/h4-5,7,9,14,16-17,19H,2-3,6,8,10-12H2,1H3. The molecule has 0 aromatic heterocycles. The van der Waals surface area contributed by atoms with Gasteiger partial charge in [-0.2, -0.15) is 0 Å². The lowest BCUT2D eigenvalue weighted by Crippen LogP contribution is -2.39. The molecule has 0 bridgehead atoms. The van der Waals surface area contributed by atoms with Gasteiger partial charge in [-0.15, -0.1) is 0 Å². The lowest BCUT2D eigenvalue weighted by Gasteiger charge is -2.24. The highest BCUT2D eigenvalue weighted by Gasteiger charge is 2.35. The predicted octanol–water partition coefficient (Wildman–Crippen LogP) is 3.69. The van der Waals surface area contributed by atoms with Gasteiger partial charge in [-0.25, -0.2) is 0 Å². The molecule has 0 amide bonds. The van der Waals surface area contributed by atoms with Gasteiger partial charge < -0.3 is 10.2 Å². The largest absolute Gasteiger partial charge is 0.310 e. The monoisotopic (exact) mass is 292 g/mol.